The number of hydrogen-bond acceptors (Lipinski definition) is 4. The van der Waals surface area contributed by atoms with Crippen molar-refractivity contribution in [3.05, 3.63) is 84.2 Å². The summed E-state index contributed by atoms with van der Waals surface area (Å²) in [4.78, 5) is 16.1. The lowest BCUT2D eigenvalue weighted by molar-refractivity contribution is 0.0601. The Labute approximate surface area is 141 Å². The van der Waals surface area contributed by atoms with Crippen molar-refractivity contribution in [2.45, 2.75) is 6.54 Å². The number of methoxy groups -OCH3 is 1. The molecule has 24 heavy (non-hydrogen) atoms. The molecule has 0 atom stereocenters. The number of nitrogens with zero attached hydrogens (tertiary/aromatic N) is 1. The fourth-order valence-corrected chi connectivity index (χ4v) is 2.52. The van der Waals surface area contributed by atoms with E-state index < -0.39 is 0 Å². The number of nitrogens with one attached hydrogen (secondary N) is 1. The third kappa shape index (κ3) is 3.60. The molecule has 120 valence electrons. The smallest absolute Gasteiger partial charge is 0.338 e. The maximum absolute atomic E-state index is 12.1. The molecule has 0 aliphatic heterocycles. The average Bonchev–Trinajstić information content (AvgIpc) is 2.67. The number of esters is 1. The van der Waals surface area contributed by atoms with Gasteiger partial charge in [0.05, 0.1) is 18.4 Å². The number of benzene rings is 2. The fourth-order valence-electron chi connectivity index (χ4n) is 2.52. The minimum Gasteiger partial charge on any atom is -0.465 e. The molecule has 0 unspecified atom stereocenters. The highest BCUT2D eigenvalue weighted by atomic mass is 16.5. The molecule has 0 amide bonds. The molecule has 0 bridgehead atoms. The Kier molecular flexibility index (Phi) is 4.87. The maximum atomic E-state index is 12.1. The molecule has 0 saturated carbocycles. The van der Waals surface area contributed by atoms with Crippen molar-refractivity contribution in [2.75, 3.05) is 12.4 Å². The van der Waals surface area contributed by atoms with Crippen molar-refractivity contribution < 1.29 is 9.53 Å². The summed E-state index contributed by atoms with van der Waals surface area (Å²) >= 11 is 0. The number of anilines is 1. The third-order valence-corrected chi connectivity index (χ3v) is 3.73. The predicted octanol–water partition coefficient (Wildman–Crippen LogP) is 4.15. The van der Waals surface area contributed by atoms with Gasteiger partial charge in [-0.2, -0.15) is 0 Å². The van der Waals surface area contributed by atoms with Crippen LogP contribution in [0.2, 0.25) is 0 Å². The van der Waals surface area contributed by atoms with Gasteiger partial charge in [0.25, 0.3) is 0 Å². The minimum absolute atomic E-state index is 0.333. The first-order valence-corrected chi connectivity index (χ1v) is 7.68. The first kappa shape index (κ1) is 15.7. The van der Waals surface area contributed by atoms with E-state index in [0.717, 1.165) is 22.4 Å². The molecule has 0 saturated heterocycles. The molecule has 0 fully saturated rings. The molecule has 1 aromatic heterocycles. The lowest BCUT2D eigenvalue weighted by atomic mass is 9.97. The Morgan fingerprint density at radius 3 is 2.62 bits per heavy atom. The van der Waals surface area contributed by atoms with E-state index in [9.17, 15) is 4.79 Å². The zero-order valence-electron chi connectivity index (χ0n) is 13.4. The second kappa shape index (κ2) is 7.42. The topological polar surface area (TPSA) is 51.2 Å². The molecule has 1 heterocycles. The summed E-state index contributed by atoms with van der Waals surface area (Å²) in [5, 5.41) is 3.32. The zero-order valence-corrected chi connectivity index (χ0v) is 13.4. The van der Waals surface area contributed by atoms with Crippen molar-refractivity contribution in [3.63, 3.8) is 0 Å². The van der Waals surface area contributed by atoms with E-state index in [0.29, 0.717) is 12.1 Å². The molecule has 3 rings (SSSR count). The van der Waals surface area contributed by atoms with Crippen molar-refractivity contribution in [1.82, 2.24) is 4.98 Å². The standard InChI is InChI=1S/C20H18N2O2/c1-24-20(23)18-10-9-15(13-22-17-8-5-11-21-14-17)12-19(18)16-6-3-2-4-7-16/h2-12,14,22H,13H2,1H3. The fraction of sp³-hybridized carbons (Fsp3) is 0.100. The third-order valence-electron chi connectivity index (χ3n) is 3.73. The van der Waals surface area contributed by atoms with Gasteiger partial charge in [-0.25, -0.2) is 4.79 Å². The molecule has 0 aliphatic carbocycles. The van der Waals surface area contributed by atoms with Crippen LogP contribution in [-0.2, 0) is 11.3 Å². The minimum atomic E-state index is -0.333. The van der Waals surface area contributed by atoms with Gasteiger partial charge < -0.3 is 10.1 Å². The van der Waals surface area contributed by atoms with E-state index in [1.165, 1.54) is 7.11 Å². The van der Waals surface area contributed by atoms with Gasteiger partial charge in [0.15, 0.2) is 0 Å². The summed E-state index contributed by atoms with van der Waals surface area (Å²) < 4.78 is 4.90. The number of aromatic nitrogens is 1. The molecule has 4 nitrogen and oxygen atoms in total. The van der Waals surface area contributed by atoms with Crippen molar-refractivity contribution in [1.29, 1.82) is 0 Å². The highest BCUT2D eigenvalue weighted by Crippen LogP contribution is 2.26. The Balaban J connectivity index is 1.91. The average molecular weight is 318 g/mol. The van der Waals surface area contributed by atoms with E-state index in [1.54, 1.807) is 12.4 Å². The van der Waals surface area contributed by atoms with E-state index >= 15 is 0 Å². The van der Waals surface area contributed by atoms with Gasteiger partial charge in [0.2, 0.25) is 0 Å². The summed E-state index contributed by atoms with van der Waals surface area (Å²) in [5.41, 5.74) is 4.45. The van der Waals surface area contributed by atoms with Crippen LogP contribution in [-0.4, -0.2) is 18.1 Å². The monoisotopic (exact) mass is 318 g/mol. The summed E-state index contributed by atoms with van der Waals surface area (Å²) in [7, 11) is 1.40. The second-order valence-electron chi connectivity index (χ2n) is 5.33. The number of pyridine rings is 1. The summed E-state index contributed by atoms with van der Waals surface area (Å²) in [6.07, 6.45) is 3.52. The van der Waals surface area contributed by atoms with Gasteiger partial charge in [-0.05, 0) is 41.0 Å². The largest absolute Gasteiger partial charge is 0.465 e. The van der Waals surface area contributed by atoms with Gasteiger partial charge in [0, 0.05) is 18.9 Å². The van der Waals surface area contributed by atoms with Crippen LogP contribution in [0.3, 0.4) is 0 Å². The summed E-state index contributed by atoms with van der Waals surface area (Å²) in [6.45, 7) is 0.646. The molecule has 1 N–H and O–H groups in total. The highest BCUT2D eigenvalue weighted by Gasteiger charge is 2.13. The molecule has 4 heteroatoms. The van der Waals surface area contributed by atoms with Gasteiger partial charge in [0.1, 0.15) is 0 Å². The Bertz CT molecular complexity index is 818. The van der Waals surface area contributed by atoms with Crippen LogP contribution in [0.4, 0.5) is 5.69 Å². The van der Waals surface area contributed by atoms with Crippen LogP contribution in [0.25, 0.3) is 11.1 Å². The first-order valence-electron chi connectivity index (χ1n) is 7.68. The van der Waals surface area contributed by atoms with Gasteiger partial charge in [-0.15, -0.1) is 0 Å². The number of carbonyl (C=O) groups is 1. The second-order valence-corrected chi connectivity index (χ2v) is 5.33. The summed E-state index contributed by atoms with van der Waals surface area (Å²) in [6, 6.07) is 19.5. The van der Waals surface area contributed by atoms with Crippen LogP contribution in [0.5, 0.6) is 0 Å². The van der Waals surface area contributed by atoms with Crippen molar-refractivity contribution in [2.24, 2.45) is 0 Å². The van der Waals surface area contributed by atoms with E-state index in [1.807, 2.05) is 60.7 Å². The van der Waals surface area contributed by atoms with E-state index in [-0.39, 0.29) is 5.97 Å². The van der Waals surface area contributed by atoms with Crippen molar-refractivity contribution in [3.8, 4) is 11.1 Å². The number of ether oxygens (including phenoxy) is 1. The highest BCUT2D eigenvalue weighted by molar-refractivity contribution is 5.97. The van der Waals surface area contributed by atoms with Gasteiger partial charge >= 0.3 is 5.97 Å². The summed E-state index contributed by atoms with van der Waals surface area (Å²) in [5.74, 6) is -0.333. The molecular formula is C20H18N2O2. The molecular weight excluding hydrogens is 300 g/mol. The lowest BCUT2D eigenvalue weighted by Crippen LogP contribution is -2.06. The van der Waals surface area contributed by atoms with E-state index in [4.69, 9.17) is 4.74 Å². The quantitative estimate of drug-likeness (QED) is 0.718. The lowest BCUT2D eigenvalue weighted by Gasteiger charge is -2.12. The Morgan fingerprint density at radius 2 is 1.92 bits per heavy atom. The normalized spacial score (nSPS) is 10.2. The zero-order chi connectivity index (χ0) is 16.8. The van der Waals surface area contributed by atoms with Crippen LogP contribution in [0.1, 0.15) is 15.9 Å². The first-order chi connectivity index (χ1) is 11.8. The SMILES string of the molecule is COC(=O)c1ccc(CNc2cccnc2)cc1-c1ccccc1. The van der Waals surface area contributed by atoms with Crippen LogP contribution < -0.4 is 5.32 Å². The van der Waals surface area contributed by atoms with Gasteiger partial charge in [-0.3, -0.25) is 4.98 Å². The molecule has 2 aromatic carbocycles. The number of hydrogen-bond donors (Lipinski definition) is 1. The van der Waals surface area contributed by atoms with Crippen LogP contribution in [0.15, 0.2) is 73.1 Å². The Morgan fingerprint density at radius 1 is 1.08 bits per heavy atom. The van der Waals surface area contributed by atoms with E-state index in [2.05, 4.69) is 10.3 Å². The molecule has 3 aromatic rings. The van der Waals surface area contributed by atoms with Crippen LogP contribution in [0, 0.1) is 0 Å². The van der Waals surface area contributed by atoms with Crippen LogP contribution >= 0.6 is 0 Å². The number of carbonyl (C=O) groups excluding carboxylic acids is 1. The predicted molar refractivity (Wildman–Crippen MR) is 94.8 cm³/mol. The van der Waals surface area contributed by atoms with Gasteiger partial charge in [-0.1, -0.05) is 36.4 Å². The maximum Gasteiger partial charge on any atom is 0.338 e. The molecule has 0 radical (unpaired) electrons. The Hall–Kier alpha value is -3.14. The molecule has 0 aliphatic rings. The van der Waals surface area contributed by atoms with Crippen molar-refractivity contribution >= 4 is 11.7 Å². The number of rotatable bonds is 5. The molecule has 0 spiro atoms.